The van der Waals surface area contributed by atoms with Crippen LogP contribution in [0, 0.1) is 11.8 Å². The first-order chi connectivity index (χ1) is 13.4. The molecule has 0 aromatic heterocycles. The van der Waals surface area contributed by atoms with E-state index >= 15 is 0 Å². The minimum Gasteiger partial charge on any atom is -0.446 e. The van der Waals surface area contributed by atoms with Gasteiger partial charge in [-0.3, -0.25) is 14.4 Å². The van der Waals surface area contributed by atoms with E-state index in [-0.39, 0.29) is 30.8 Å². The molecule has 0 unspecified atom stereocenters. The minimum absolute atomic E-state index is 0.0138. The lowest BCUT2D eigenvalue weighted by atomic mass is 9.98. The second kappa shape index (κ2) is 11.4. The Bertz CT molecular complexity index is 611. The van der Waals surface area contributed by atoms with Crippen molar-refractivity contribution in [1.82, 2.24) is 16.0 Å². The maximum atomic E-state index is 12.7. The summed E-state index contributed by atoms with van der Waals surface area (Å²) in [5, 5.41) is 7.33. The lowest BCUT2D eigenvalue weighted by molar-refractivity contribution is -0.128. The highest BCUT2D eigenvalue weighted by Crippen LogP contribution is 2.18. The summed E-state index contributed by atoms with van der Waals surface area (Å²) < 4.78 is 10.3. The van der Waals surface area contributed by atoms with Crippen molar-refractivity contribution in [2.45, 2.75) is 64.6 Å². The molecule has 0 saturated carbocycles. The normalized spacial score (nSPS) is 18.7. The predicted molar refractivity (Wildman–Crippen MR) is 110 cm³/mol. The predicted octanol–water partition coefficient (Wildman–Crippen LogP) is 1.02. The maximum Gasteiger partial charge on any atom is 0.407 e. The SMILES string of the molecule is COC(C)(C)COC(=O)N[C@@H](CC(C)C)C(=O)N[C@@H](C[C@@H]1CCNC1=O)C(=O)S. The van der Waals surface area contributed by atoms with Gasteiger partial charge in [0.1, 0.15) is 12.6 Å². The lowest BCUT2D eigenvalue weighted by Gasteiger charge is -2.25. The molecule has 10 heteroatoms. The first-order valence-corrected chi connectivity index (χ1v) is 10.2. The average Bonchev–Trinajstić information content (AvgIpc) is 3.03. The fourth-order valence-corrected chi connectivity index (χ4v) is 3.00. The Morgan fingerprint density at radius 3 is 2.38 bits per heavy atom. The second-order valence-corrected chi connectivity index (χ2v) is 8.72. The number of methoxy groups -OCH3 is 1. The summed E-state index contributed by atoms with van der Waals surface area (Å²) in [5.41, 5.74) is -0.654. The number of hydrogen-bond acceptors (Lipinski definition) is 6. The third-order valence-corrected chi connectivity index (χ3v) is 5.03. The van der Waals surface area contributed by atoms with Gasteiger partial charge in [-0.1, -0.05) is 13.8 Å². The highest BCUT2D eigenvalue weighted by molar-refractivity contribution is 7.96. The molecule has 1 rings (SSSR count). The van der Waals surface area contributed by atoms with Gasteiger partial charge in [0.15, 0.2) is 0 Å². The van der Waals surface area contributed by atoms with Crippen molar-refractivity contribution in [2.24, 2.45) is 11.8 Å². The lowest BCUT2D eigenvalue weighted by Crippen LogP contribution is -2.52. The highest BCUT2D eigenvalue weighted by atomic mass is 32.1. The molecule has 1 aliphatic rings. The van der Waals surface area contributed by atoms with Crippen molar-refractivity contribution < 1.29 is 28.7 Å². The van der Waals surface area contributed by atoms with Gasteiger partial charge >= 0.3 is 6.09 Å². The molecular weight excluding hydrogens is 398 g/mol. The zero-order chi connectivity index (χ0) is 22.2. The molecule has 0 radical (unpaired) electrons. The quantitative estimate of drug-likeness (QED) is 0.362. The number of carbonyl (C=O) groups is 4. The Morgan fingerprint density at radius 2 is 1.90 bits per heavy atom. The fourth-order valence-electron chi connectivity index (χ4n) is 2.83. The minimum atomic E-state index is -0.917. The Morgan fingerprint density at radius 1 is 1.24 bits per heavy atom. The van der Waals surface area contributed by atoms with Crippen LogP contribution in [0.4, 0.5) is 4.79 Å². The standard InChI is InChI=1S/C19H33N3O6S/c1-11(2)8-13(22-18(26)28-10-19(3,4)27-5)16(24)21-14(17(25)29)9-12-6-7-20-15(12)23/h11-14H,6-10H2,1-5H3,(H,20,23)(H,21,24)(H,22,26)(H,25,29)/t12-,13-,14-/m0/s1. The average molecular weight is 432 g/mol. The number of carbonyl (C=O) groups excluding carboxylic acids is 4. The van der Waals surface area contributed by atoms with Gasteiger partial charge in [-0.15, -0.1) is 12.6 Å². The third kappa shape index (κ3) is 9.03. The number of amides is 3. The molecular formula is C19H33N3O6S. The molecule has 166 valence electrons. The Labute approximate surface area is 177 Å². The summed E-state index contributed by atoms with van der Waals surface area (Å²) in [5.74, 6) is -0.908. The summed E-state index contributed by atoms with van der Waals surface area (Å²) in [4.78, 5) is 48.5. The van der Waals surface area contributed by atoms with E-state index < -0.39 is 34.8 Å². The smallest absolute Gasteiger partial charge is 0.407 e. The van der Waals surface area contributed by atoms with Gasteiger partial charge in [0, 0.05) is 19.6 Å². The van der Waals surface area contributed by atoms with E-state index in [1.807, 2.05) is 13.8 Å². The van der Waals surface area contributed by atoms with Crippen LogP contribution in [0.2, 0.25) is 0 Å². The summed E-state index contributed by atoms with van der Waals surface area (Å²) in [7, 11) is 1.51. The van der Waals surface area contributed by atoms with Crippen molar-refractivity contribution in [3.8, 4) is 0 Å². The van der Waals surface area contributed by atoms with Crippen LogP contribution < -0.4 is 16.0 Å². The van der Waals surface area contributed by atoms with Gasteiger partial charge in [-0.05, 0) is 39.0 Å². The molecule has 9 nitrogen and oxygen atoms in total. The number of alkyl carbamates (subject to hydrolysis) is 1. The molecule has 1 aliphatic heterocycles. The topological polar surface area (TPSA) is 123 Å². The zero-order valence-corrected chi connectivity index (χ0v) is 18.6. The molecule has 3 N–H and O–H groups in total. The molecule has 0 bridgehead atoms. The van der Waals surface area contributed by atoms with Gasteiger partial charge < -0.3 is 25.4 Å². The van der Waals surface area contributed by atoms with Crippen LogP contribution in [0.5, 0.6) is 0 Å². The molecule has 1 saturated heterocycles. The van der Waals surface area contributed by atoms with Crippen LogP contribution in [-0.4, -0.2) is 61.0 Å². The molecule has 0 aromatic rings. The monoisotopic (exact) mass is 431 g/mol. The Hall–Kier alpha value is -1.81. The van der Waals surface area contributed by atoms with Crippen molar-refractivity contribution >= 4 is 35.7 Å². The Kier molecular flexibility index (Phi) is 9.91. The van der Waals surface area contributed by atoms with Crippen LogP contribution in [0.1, 0.15) is 47.0 Å². The summed E-state index contributed by atoms with van der Waals surface area (Å²) >= 11 is 3.84. The van der Waals surface area contributed by atoms with E-state index in [9.17, 15) is 19.2 Å². The molecule has 1 heterocycles. The molecule has 29 heavy (non-hydrogen) atoms. The van der Waals surface area contributed by atoms with E-state index in [1.54, 1.807) is 13.8 Å². The first kappa shape index (κ1) is 25.2. The molecule has 0 spiro atoms. The van der Waals surface area contributed by atoms with Gasteiger partial charge in [0.25, 0.3) is 0 Å². The third-order valence-electron chi connectivity index (χ3n) is 4.72. The summed E-state index contributed by atoms with van der Waals surface area (Å²) in [6, 6.07) is -1.81. The van der Waals surface area contributed by atoms with Crippen molar-refractivity contribution in [2.75, 3.05) is 20.3 Å². The highest BCUT2D eigenvalue weighted by Gasteiger charge is 2.32. The van der Waals surface area contributed by atoms with E-state index in [4.69, 9.17) is 9.47 Å². The van der Waals surface area contributed by atoms with Crippen LogP contribution in [0.25, 0.3) is 0 Å². The van der Waals surface area contributed by atoms with Gasteiger partial charge in [0.2, 0.25) is 16.9 Å². The summed E-state index contributed by atoms with van der Waals surface area (Å²) in [6.45, 7) is 7.91. The summed E-state index contributed by atoms with van der Waals surface area (Å²) in [6.07, 6.45) is 0.369. The van der Waals surface area contributed by atoms with E-state index in [0.717, 1.165) is 0 Å². The van der Waals surface area contributed by atoms with Gasteiger partial charge in [-0.2, -0.15) is 0 Å². The van der Waals surface area contributed by atoms with Crippen LogP contribution in [0.3, 0.4) is 0 Å². The van der Waals surface area contributed by atoms with Crippen LogP contribution in [-0.2, 0) is 23.9 Å². The van der Waals surface area contributed by atoms with Gasteiger partial charge in [0.05, 0.1) is 11.6 Å². The maximum absolute atomic E-state index is 12.7. The Balaban J connectivity index is 2.73. The molecule has 0 aliphatic carbocycles. The van der Waals surface area contributed by atoms with E-state index in [2.05, 4.69) is 28.6 Å². The van der Waals surface area contributed by atoms with Crippen LogP contribution >= 0.6 is 12.6 Å². The molecule has 3 amide bonds. The molecule has 1 fully saturated rings. The van der Waals surface area contributed by atoms with Crippen LogP contribution in [0.15, 0.2) is 0 Å². The number of ether oxygens (including phenoxy) is 2. The molecule has 3 atom stereocenters. The van der Waals surface area contributed by atoms with Crippen molar-refractivity contribution in [1.29, 1.82) is 0 Å². The second-order valence-electron chi connectivity index (χ2n) is 8.28. The van der Waals surface area contributed by atoms with E-state index in [0.29, 0.717) is 19.4 Å². The van der Waals surface area contributed by atoms with Crippen molar-refractivity contribution in [3.63, 3.8) is 0 Å². The van der Waals surface area contributed by atoms with E-state index in [1.165, 1.54) is 7.11 Å². The zero-order valence-electron chi connectivity index (χ0n) is 17.7. The van der Waals surface area contributed by atoms with Crippen molar-refractivity contribution in [3.05, 3.63) is 0 Å². The number of rotatable bonds is 11. The first-order valence-electron chi connectivity index (χ1n) is 9.74. The number of thiol groups is 1. The van der Waals surface area contributed by atoms with Gasteiger partial charge in [-0.25, -0.2) is 4.79 Å². The number of hydrogen-bond donors (Lipinski definition) is 4. The number of nitrogens with one attached hydrogen (secondary N) is 3. The largest absolute Gasteiger partial charge is 0.446 e. The fraction of sp³-hybridized carbons (Fsp3) is 0.789. The molecule has 0 aromatic carbocycles.